The zero-order valence-corrected chi connectivity index (χ0v) is 13.3. The first-order valence-electron chi connectivity index (χ1n) is 7.81. The van der Waals surface area contributed by atoms with Crippen LogP contribution in [0.4, 0.5) is 8.78 Å². The highest BCUT2D eigenvalue weighted by Gasteiger charge is 2.38. The fraction of sp³-hybridized carbons (Fsp3) is 0.667. The predicted molar refractivity (Wildman–Crippen MR) is 81.0 cm³/mol. The molecular formula is C18H26F2O. The van der Waals surface area contributed by atoms with Crippen LogP contribution in [0.15, 0.2) is 18.2 Å². The van der Waals surface area contributed by atoms with Crippen molar-refractivity contribution >= 4 is 0 Å². The Kier molecular flexibility index (Phi) is 4.72. The number of rotatable bonds is 3. The predicted octanol–water partition coefficient (Wildman–Crippen LogP) is 4.72. The summed E-state index contributed by atoms with van der Waals surface area (Å²) in [6, 6.07) is 4.07. The minimum absolute atomic E-state index is 0.114. The second kappa shape index (κ2) is 6.04. The molecule has 1 N–H and O–H groups in total. The van der Waals surface area contributed by atoms with Crippen LogP contribution in [-0.2, 0) is 6.42 Å². The molecule has 0 radical (unpaired) electrons. The molecule has 118 valence electrons. The Labute approximate surface area is 126 Å². The van der Waals surface area contributed by atoms with Crippen molar-refractivity contribution in [3.63, 3.8) is 0 Å². The quantitative estimate of drug-likeness (QED) is 0.855. The molecule has 0 spiro atoms. The van der Waals surface area contributed by atoms with Gasteiger partial charge in [-0.3, -0.25) is 0 Å². The summed E-state index contributed by atoms with van der Waals surface area (Å²) >= 11 is 0. The monoisotopic (exact) mass is 296 g/mol. The summed E-state index contributed by atoms with van der Waals surface area (Å²) < 4.78 is 26.4. The standard InChI is InChI=1S/C18H26F2O/c1-17(2,3)14-6-8-18(12-21,9-7-14)11-13-4-5-15(19)16(20)10-13/h4-5,10,14,21H,6-9,11-12H2,1-3H3. The van der Waals surface area contributed by atoms with Crippen molar-refractivity contribution in [1.82, 2.24) is 0 Å². The van der Waals surface area contributed by atoms with E-state index in [2.05, 4.69) is 20.8 Å². The van der Waals surface area contributed by atoms with Crippen LogP contribution < -0.4 is 0 Å². The van der Waals surface area contributed by atoms with Crippen LogP contribution in [0.2, 0.25) is 0 Å². The molecule has 1 aliphatic rings. The van der Waals surface area contributed by atoms with Crippen LogP contribution in [-0.4, -0.2) is 11.7 Å². The van der Waals surface area contributed by atoms with Crippen molar-refractivity contribution in [3.8, 4) is 0 Å². The van der Waals surface area contributed by atoms with E-state index in [-0.39, 0.29) is 12.0 Å². The largest absolute Gasteiger partial charge is 0.396 e. The van der Waals surface area contributed by atoms with Crippen LogP contribution in [0, 0.1) is 28.4 Å². The molecule has 0 atom stereocenters. The Bertz CT molecular complexity index is 482. The van der Waals surface area contributed by atoms with Crippen LogP contribution >= 0.6 is 0 Å². The van der Waals surface area contributed by atoms with E-state index in [1.165, 1.54) is 12.1 Å². The zero-order chi connectivity index (χ0) is 15.7. The van der Waals surface area contributed by atoms with Gasteiger partial charge in [0.15, 0.2) is 11.6 Å². The summed E-state index contributed by atoms with van der Waals surface area (Å²) in [5.74, 6) is -0.945. The van der Waals surface area contributed by atoms with E-state index in [1.54, 1.807) is 6.07 Å². The smallest absolute Gasteiger partial charge is 0.159 e. The average Bonchev–Trinajstić information content (AvgIpc) is 2.42. The molecule has 0 amide bonds. The molecule has 21 heavy (non-hydrogen) atoms. The van der Waals surface area contributed by atoms with Crippen molar-refractivity contribution < 1.29 is 13.9 Å². The lowest BCUT2D eigenvalue weighted by atomic mass is 9.62. The number of aliphatic hydroxyl groups excluding tert-OH is 1. The van der Waals surface area contributed by atoms with Crippen LogP contribution in [0.25, 0.3) is 0 Å². The van der Waals surface area contributed by atoms with Crippen LogP contribution in [0.3, 0.4) is 0 Å². The molecule has 3 heteroatoms. The van der Waals surface area contributed by atoms with Crippen molar-refractivity contribution in [2.24, 2.45) is 16.7 Å². The third-order valence-corrected chi connectivity index (χ3v) is 5.17. The van der Waals surface area contributed by atoms with Gasteiger partial charge in [0.05, 0.1) is 0 Å². The van der Waals surface area contributed by atoms with E-state index < -0.39 is 11.6 Å². The number of aliphatic hydroxyl groups is 1. The first-order valence-corrected chi connectivity index (χ1v) is 7.81. The number of halogens is 2. The molecule has 1 nitrogen and oxygen atoms in total. The van der Waals surface area contributed by atoms with E-state index in [0.29, 0.717) is 17.8 Å². The molecule has 2 rings (SSSR count). The Morgan fingerprint density at radius 2 is 1.76 bits per heavy atom. The Balaban J connectivity index is 2.08. The van der Waals surface area contributed by atoms with E-state index in [9.17, 15) is 13.9 Å². The van der Waals surface area contributed by atoms with Crippen molar-refractivity contribution in [2.45, 2.75) is 52.9 Å². The highest BCUT2D eigenvalue weighted by molar-refractivity contribution is 5.19. The first-order chi connectivity index (χ1) is 9.76. The van der Waals surface area contributed by atoms with Crippen LogP contribution in [0.5, 0.6) is 0 Å². The van der Waals surface area contributed by atoms with Gasteiger partial charge in [-0.2, -0.15) is 0 Å². The van der Waals surface area contributed by atoms with Crippen molar-refractivity contribution in [1.29, 1.82) is 0 Å². The van der Waals surface area contributed by atoms with Gasteiger partial charge in [-0.25, -0.2) is 8.78 Å². The lowest BCUT2D eigenvalue weighted by molar-refractivity contribution is 0.0368. The van der Waals surface area contributed by atoms with Crippen molar-refractivity contribution in [2.75, 3.05) is 6.61 Å². The Hall–Kier alpha value is -0.960. The molecule has 1 saturated carbocycles. The average molecular weight is 296 g/mol. The van der Waals surface area contributed by atoms with Crippen molar-refractivity contribution in [3.05, 3.63) is 35.4 Å². The second-order valence-electron chi connectivity index (χ2n) is 7.72. The summed E-state index contributed by atoms with van der Waals surface area (Å²) in [6.07, 6.45) is 4.70. The molecule has 0 heterocycles. The fourth-order valence-corrected chi connectivity index (χ4v) is 3.57. The highest BCUT2D eigenvalue weighted by atomic mass is 19.2. The van der Waals surface area contributed by atoms with Gasteiger partial charge in [-0.15, -0.1) is 0 Å². The number of benzene rings is 1. The van der Waals surface area contributed by atoms with Gasteiger partial charge in [0.1, 0.15) is 0 Å². The second-order valence-corrected chi connectivity index (χ2v) is 7.72. The third kappa shape index (κ3) is 3.82. The summed E-state index contributed by atoms with van der Waals surface area (Å²) in [5, 5.41) is 9.85. The topological polar surface area (TPSA) is 20.2 Å². The molecule has 0 unspecified atom stereocenters. The molecule has 0 aliphatic heterocycles. The molecule has 0 bridgehead atoms. The van der Waals surface area contributed by atoms with Gasteiger partial charge < -0.3 is 5.11 Å². The van der Waals surface area contributed by atoms with Gasteiger partial charge in [-0.05, 0) is 66.5 Å². The summed E-state index contributed by atoms with van der Waals surface area (Å²) in [5.41, 5.74) is 0.896. The zero-order valence-electron chi connectivity index (χ0n) is 13.3. The molecule has 1 aromatic rings. The Morgan fingerprint density at radius 1 is 1.14 bits per heavy atom. The Morgan fingerprint density at radius 3 is 2.24 bits per heavy atom. The van der Waals surface area contributed by atoms with Crippen LogP contribution in [0.1, 0.15) is 52.0 Å². The van der Waals surface area contributed by atoms with E-state index >= 15 is 0 Å². The molecular weight excluding hydrogens is 270 g/mol. The maximum absolute atomic E-state index is 13.3. The SMILES string of the molecule is CC(C)(C)C1CCC(CO)(Cc2ccc(F)c(F)c2)CC1. The van der Waals surface area contributed by atoms with E-state index in [0.717, 1.165) is 31.2 Å². The summed E-state index contributed by atoms with van der Waals surface area (Å²) in [7, 11) is 0. The lowest BCUT2D eigenvalue weighted by Crippen LogP contribution is -2.36. The number of hydrogen-bond donors (Lipinski definition) is 1. The third-order valence-electron chi connectivity index (χ3n) is 5.17. The normalized spacial score (nSPS) is 26.9. The first kappa shape index (κ1) is 16.4. The minimum Gasteiger partial charge on any atom is -0.396 e. The van der Waals surface area contributed by atoms with E-state index in [4.69, 9.17) is 0 Å². The van der Waals surface area contributed by atoms with Gasteiger partial charge in [0.2, 0.25) is 0 Å². The lowest BCUT2D eigenvalue weighted by Gasteiger charge is -2.43. The minimum atomic E-state index is -0.812. The van der Waals surface area contributed by atoms with Gasteiger partial charge in [0, 0.05) is 6.61 Å². The van der Waals surface area contributed by atoms with Gasteiger partial charge in [0.25, 0.3) is 0 Å². The molecule has 0 aromatic heterocycles. The molecule has 1 aliphatic carbocycles. The molecule has 1 aromatic carbocycles. The highest BCUT2D eigenvalue weighted by Crippen LogP contribution is 2.46. The van der Waals surface area contributed by atoms with E-state index in [1.807, 2.05) is 0 Å². The van der Waals surface area contributed by atoms with Gasteiger partial charge in [-0.1, -0.05) is 26.8 Å². The summed E-state index contributed by atoms with van der Waals surface area (Å²) in [4.78, 5) is 0. The molecule has 0 saturated heterocycles. The maximum atomic E-state index is 13.3. The molecule has 1 fully saturated rings. The fourth-order valence-electron chi connectivity index (χ4n) is 3.57. The summed E-state index contributed by atoms with van der Waals surface area (Å²) in [6.45, 7) is 6.90. The number of hydrogen-bond acceptors (Lipinski definition) is 1. The van der Waals surface area contributed by atoms with Gasteiger partial charge >= 0.3 is 0 Å². The maximum Gasteiger partial charge on any atom is 0.159 e.